The molecular formula is C17H26N2O3. The molecular weight excluding hydrogens is 280 g/mol. The molecule has 5 heteroatoms. The van der Waals surface area contributed by atoms with Crippen LogP contribution >= 0.6 is 0 Å². The van der Waals surface area contributed by atoms with Crippen LogP contribution in [0.2, 0.25) is 0 Å². The highest BCUT2D eigenvalue weighted by Crippen LogP contribution is 2.34. The molecule has 0 bridgehead atoms. The Balaban J connectivity index is 2.02. The second-order valence-corrected chi connectivity index (χ2v) is 6.42. The van der Waals surface area contributed by atoms with Gasteiger partial charge in [0.05, 0.1) is 0 Å². The van der Waals surface area contributed by atoms with Gasteiger partial charge >= 0.3 is 0 Å². The predicted molar refractivity (Wildman–Crippen MR) is 86.6 cm³/mol. The van der Waals surface area contributed by atoms with Gasteiger partial charge in [-0.15, -0.1) is 0 Å². The number of ether oxygens (including phenoxy) is 2. The quantitative estimate of drug-likeness (QED) is 0.840. The van der Waals surface area contributed by atoms with E-state index >= 15 is 0 Å². The van der Waals surface area contributed by atoms with E-state index in [4.69, 9.17) is 9.47 Å². The Labute approximate surface area is 132 Å². The molecule has 0 saturated heterocycles. The standard InChI is InChI=1S/C17H26N2O3/c1-12(10-18-4)16(20)19-11-17(2,3)13-5-6-14-15(9-13)22-8-7-21-14/h5-6,9,12,18H,7-8,10-11H2,1-4H3,(H,19,20). The molecule has 1 aliphatic heterocycles. The van der Waals surface area contributed by atoms with Crippen molar-refractivity contribution >= 4 is 5.91 Å². The summed E-state index contributed by atoms with van der Waals surface area (Å²) in [6.45, 7) is 8.58. The lowest BCUT2D eigenvalue weighted by atomic mass is 9.84. The summed E-state index contributed by atoms with van der Waals surface area (Å²) in [5.41, 5.74) is 0.948. The highest BCUT2D eigenvalue weighted by Gasteiger charge is 2.25. The van der Waals surface area contributed by atoms with E-state index in [0.717, 1.165) is 17.1 Å². The van der Waals surface area contributed by atoms with E-state index < -0.39 is 0 Å². The van der Waals surface area contributed by atoms with Crippen molar-refractivity contribution in [3.05, 3.63) is 23.8 Å². The SMILES string of the molecule is CNCC(C)C(=O)NCC(C)(C)c1ccc2c(c1)OCCO2. The molecule has 1 atom stereocenters. The third-order valence-corrected chi connectivity index (χ3v) is 3.99. The van der Waals surface area contributed by atoms with Gasteiger partial charge in [0.25, 0.3) is 0 Å². The lowest BCUT2D eigenvalue weighted by Crippen LogP contribution is -2.41. The van der Waals surface area contributed by atoms with Crippen molar-refractivity contribution in [1.82, 2.24) is 10.6 Å². The van der Waals surface area contributed by atoms with Crippen molar-refractivity contribution in [2.24, 2.45) is 5.92 Å². The van der Waals surface area contributed by atoms with Crippen LogP contribution in [0.25, 0.3) is 0 Å². The number of carbonyl (C=O) groups is 1. The molecule has 0 saturated carbocycles. The van der Waals surface area contributed by atoms with Gasteiger partial charge in [-0.2, -0.15) is 0 Å². The number of fused-ring (bicyclic) bond motifs is 1. The number of hydrogen-bond donors (Lipinski definition) is 2. The second-order valence-electron chi connectivity index (χ2n) is 6.42. The number of benzene rings is 1. The summed E-state index contributed by atoms with van der Waals surface area (Å²) in [5, 5.41) is 6.06. The van der Waals surface area contributed by atoms with E-state index in [9.17, 15) is 4.79 Å². The average molecular weight is 306 g/mol. The molecule has 1 aromatic carbocycles. The van der Waals surface area contributed by atoms with Crippen molar-refractivity contribution in [2.45, 2.75) is 26.2 Å². The van der Waals surface area contributed by atoms with Gasteiger partial charge in [0.15, 0.2) is 11.5 Å². The molecule has 0 fully saturated rings. The van der Waals surface area contributed by atoms with Gasteiger partial charge in [-0.25, -0.2) is 0 Å². The normalized spacial score (nSPS) is 15.3. The Morgan fingerprint density at radius 3 is 2.64 bits per heavy atom. The van der Waals surface area contributed by atoms with Crippen LogP contribution in [-0.4, -0.2) is 39.3 Å². The predicted octanol–water partition coefficient (Wildman–Crippen LogP) is 1.71. The zero-order valence-electron chi connectivity index (χ0n) is 13.9. The maximum atomic E-state index is 12.0. The van der Waals surface area contributed by atoms with Crippen molar-refractivity contribution in [2.75, 3.05) is 33.4 Å². The molecule has 0 spiro atoms. The van der Waals surface area contributed by atoms with E-state index in [1.807, 2.05) is 32.2 Å². The summed E-state index contributed by atoms with van der Waals surface area (Å²) in [6.07, 6.45) is 0. The Bertz CT molecular complexity index is 529. The molecule has 1 aliphatic rings. The lowest BCUT2D eigenvalue weighted by Gasteiger charge is -2.28. The minimum absolute atomic E-state index is 0.0407. The number of hydrogen-bond acceptors (Lipinski definition) is 4. The summed E-state index contributed by atoms with van der Waals surface area (Å²) in [5.74, 6) is 1.60. The minimum atomic E-state index is -0.176. The monoisotopic (exact) mass is 306 g/mol. The first kappa shape index (κ1) is 16.6. The highest BCUT2D eigenvalue weighted by atomic mass is 16.6. The van der Waals surface area contributed by atoms with E-state index in [1.54, 1.807) is 0 Å². The molecule has 0 aromatic heterocycles. The van der Waals surface area contributed by atoms with Crippen LogP contribution in [0, 0.1) is 5.92 Å². The molecule has 1 aromatic rings. The van der Waals surface area contributed by atoms with Crippen molar-refractivity contribution in [1.29, 1.82) is 0 Å². The molecule has 5 nitrogen and oxygen atoms in total. The summed E-state index contributed by atoms with van der Waals surface area (Å²) in [4.78, 5) is 12.0. The Morgan fingerprint density at radius 2 is 1.95 bits per heavy atom. The van der Waals surface area contributed by atoms with Gasteiger partial charge < -0.3 is 20.1 Å². The van der Waals surface area contributed by atoms with Crippen LogP contribution in [0.15, 0.2) is 18.2 Å². The molecule has 2 rings (SSSR count). The fourth-order valence-corrected chi connectivity index (χ4v) is 2.45. The van der Waals surface area contributed by atoms with Gasteiger partial charge in [-0.3, -0.25) is 4.79 Å². The summed E-state index contributed by atoms with van der Waals surface area (Å²) in [7, 11) is 1.85. The van der Waals surface area contributed by atoms with Gasteiger partial charge in [0, 0.05) is 24.4 Å². The maximum absolute atomic E-state index is 12.0. The number of carbonyl (C=O) groups excluding carboxylic acids is 1. The molecule has 1 heterocycles. The molecule has 0 aliphatic carbocycles. The molecule has 22 heavy (non-hydrogen) atoms. The molecule has 1 unspecified atom stereocenters. The van der Waals surface area contributed by atoms with E-state index in [-0.39, 0.29) is 17.2 Å². The highest BCUT2D eigenvalue weighted by molar-refractivity contribution is 5.78. The minimum Gasteiger partial charge on any atom is -0.486 e. The summed E-state index contributed by atoms with van der Waals surface area (Å²) in [6, 6.07) is 5.99. The summed E-state index contributed by atoms with van der Waals surface area (Å²) < 4.78 is 11.2. The maximum Gasteiger partial charge on any atom is 0.224 e. The van der Waals surface area contributed by atoms with E-state index in [2.05, 4.69) is 24.5 Å². The third kappa shape index (κ3) is 3.91. The Hall–Kier alpha value is -1.75. The molecule has 122 valence electrons. The molecule has 2 N–H and O–H groups in total. The topological polar surface area (TPSA) is 59.6 Å². The fraction of sp³-hybridized carbons (Fsp3) is 0.588. The third-order valence-electron chi connectivity index (χ3n) is 3.99. The summed E-state index contributed by atoms with van der Waals surface area (Å²) >= 11 is 0. The first-order valence-corrected chi connectivity index (χ1v) is 7.76. The fourth-order valence-electron chi connectivity index (χ4n) is 2.45. The van der Waals surface area contributed by atoms with Crippen molar-refractivity contribution in [3.63, 3.8) is 0 Å². The van der Waals surface area contributed by atoms with Crippen LogP contribution in [-0.2, 0) is 10.2 Å². The van der Waals surface area contributed by atoms with Crippen LogP contribution in [0.3, 0.4) is 0 Å². The Morgan fingerprint density at radius 1 is 1.27 bits per heavy atom. The lowest BCUT2D eigenvalue weighted by molar-refractivity contribution is -0.124. The van der Waals surface area contributed by atoms with Gasteiger partial charge in [0.1, 0.15) is 13.2 Å². The van der Waals surface area contributed by atoms with Crippen molar-refractivity contribution in [3.8, 4) is 11.5 Å². The van der Waals surface area contributed by atoms with E-state index in [0.29, 0.717) is 26.3 Å². The van der Waals surface area contributed by atoms with Gasteiger partial charge in [-0.1, -0.05) is 26.8 Å². The first-order chi connectivity index (χ1) is 10.4. The largest absolute Gasteiger partial charge is 0.486 e. The number of amides is 1. The van der Waals surface area contributed by atoms with Crippen LogP contribution in [0.1, 0.15) is 26.3 Å². The number of rotatable bonds is 6. The Kier molecular flexibility index (Phi) is 5.29. The second kappa shape index (κ2) is 7.01. The zero-order valence-corrected chi connectivity index (χ0v) is 13.9. The average Bonchev–Trinajstić information content (AvgIpc) is 2.52. The van der Waals surface area contributed by atoms with Crippen LogP contribution < -0.4 is 20.1 Å². The van der Waals surface area contributed by atoms with E-state index in [1.165, 1.54) is 0 Å². The van der Waals surface area contributed by atoms with Crippen LogP contribution in [0.5, 0.6) is 11.5 Å². The molecule has 0 radical (unpaired) electrons. The zero-order chi connectivity index (χ0) is 16.2. The smallest absolute Gasteiger partial charge is 0.224 e. The van der Waals surface area contributed by atoms with Gasteiger partial charge in [-0.05, 0) is 24.7 Å². The van der Waals surface area contributed by atoms with Crippen LogP contribution in [0.4, 0.5) is 0 Å². The first-order valence-electron chi connectivity index (χ1n) is 7.76. The number of nitrogens with one attached hydrogen (secondary N) is 2. The van der Waals surface area contributed by atoms with Gasteiger partial charge in [0.2, 0.25) is 5.91 Å². The van der Waals surface area contributed by atoms with Crippen molar-refractivity contribution < 1.29 is 14.3 Å². The molecule has 1 amide bonds.